The maximum Gasteiger partial charge on any atom is 0.323 e. The van der Waals surface area contributed by atoms with Gasteiger partial charge in [0, 0.05) is 6.54 Å². The summed E-state index contributed by atoms with van der Waals surface area (Å²) >= 11 is 0. The SMILES string of the molecule is O=C(O)CN(Cc1ccccc1)C(=O)Cc1ccc2c(c1)OCCO2. The summed E-state index contributed by atoms with van der Waals surface area (Å²) in [6.07, 6.45) is 0.108. The van der Waals surface area contributed by atoms with Crippen LogP contribution in [0.5, 0.6) is 11.5 Å². The number of carboxylic acid groups (broad SMARTS) is 1. The zero-order chi connectivity index (χ0) is 17.6. The number of carbonyl (C=O) groups is 2. The van der Waals surface area contributed by atoms with Crippen molar-refractivity contribution < 1.29 is 24.2 Å². The van der Waals surface area contributed by atoms with Crippen LogP contribution in [0.2, 0.25) is 0 Å². The molecule has 0 spiro atoms. The first-order valence-electron chi connectivity index (χ1n) is 8.04. The summed E-state index contributed by atoms with van der Waals surface area (Å²) < 4.78 is 11.0. The van der Waals surface area contributed by atoms with Crippen molar-refractivity contribution in [2.24, 2.45) is 0 Å². The van der Waals surface area contributed by atoms with Gasteiger partial charge in [-0.2, -0.15) is 0 Å². The highest BCUT2D eigenvalue weighted by atomic mass is 16.6. The first kappa shape index (κ1) is 16.8. The second kappa shape index (κ2) is 7.70. The Bertz CT molecular complexity index is 760. The minimum atomic E-state index is -1.04. The maximum absolute atomic E-state index is 12.6. The molecule has 25 heavy (non-hydrogen) atoms. The fraction of sp³-hybridized carbons (Fsp3) is 0.263. The number of rotatable bonds is 6. The van der Waals surface area contributed by atoms with Gasteiger partial charge in [-0.3, -0.25) is 9.59 Å². The summed E-state index contributed by atoms with van der Waals surface area (Å²) in [6.45, 7) is 0.910. The van der Waals surface area contributed by atoms with Gasteiger partial charge in [-0.15, -0.1) is 0 Å². The molecule has 0 fully saturated rings. The third-order valence-corrected chi connectivity index (χ3v) is 3.86. The zero-order valence-corrected chi connectivity index (χ0v) is 13.7. The first-order valence-corrected chi connectivity index (χ1v) is 8.04. The van der Waals surface area contributed by atoms with Crippen molar-refractivity contribution in [2.45, 2.75) is 13.0 Å². The van der Waals surface area contributed by atoms with Crippen LogP contribution >= 0.6 is 0 Å². The molecule has 0 atom stereocenters. The van der Waals surface area contributed by atoms with Crippen LogP contribution in [0.3, 0.4) is 0 Å². The average molecular weight is 341 g/mol. The second-order valence-electron chi connectivity index (χ2n) is 5.78. The van der Waals surface area contributed by atoms with Crippen LogP contribution in [0, 0.1) is 0 Å². The molecular formula is C19H19NO5. The van der Waals surface area contributed by atoms with Crippen LogP contribution < -0.4 is 9.47 Å². The molecule has 2 aromatic carbocycles. The summed E-state index contributed by atoms with van der Waals surface area (Å²) in [5.41, 5.74) is 1.65. The Kier molecular flexibility index (Phi) is 5.18. The van der Waals surface area contributed by atoms with Gasteiger partial charge in [0.2, 0.25) is 5.91 Å². The molecule has 1 heterocycles. The lowest BCUT2D eigenvalue weighted by Crippen LogP contribution is -2.36. The molecule has 1 aliphatic heterocycles. The lowest BCUT2D eigenvalue weighted by molar-refractivity contribution is -0.144. The second-order valence-corrected chi connectivity index (χ2v) is 5.78. The maximum atomic E-state index is 12.6. The molecule has 3 rings (SSSR count). The summed E-state index contributed by atoms with van der Waals surface area (Å²) in [5.74, 6) is -0.00657. The largest absolute Gasteiger partial charge is 0.486 e. The Hall–Kier alpha value is -3.02. The number of hydrogen-bond donors (Lipinski definition) is 1. The molecule has 1 amide bonds. The van der Waals surface area contributed by atoms with Crippen LogP contribution in [-0.4, -0.2) is 41.6 Å². The monoisotopic (exact) mass is 341 g/mol. The van der Waals surface area contributed by atoms with Gasteiger partial charge in [0.05, 0.1) is 6.42 Å². The third kappa shape index (κ3) is 4.50. The molecule has 0 saturated heterocycles. The lowest BCUT2D eigenvalue weighted by atomic mass is 10.1. The van der Waals surface area contributed by atoms with E-state index >= 15 is 0 Å². The topological polar surface area (TPSA) is 76.1 Å². The van der Waals surface area contributed by atoms with Crippen molar-refractivity contribution in [3.63, 3.8) is 0 Å². The average Bonchev–Trinajstić information content (AvgIpc) is 2.61. The highest BCUT2D eigenvalue weighted by Gasteiger charge is 2.19. The van der Waals surface area contributed by atoms with E-state index in [-0.39, 0.29) is 25.4 Å². The fourth-order valence-electron chi connectivity index (χ4n) is 2.68. The van der Waals surface area contributed by atoms with Gasteiger partial charge >= 0.3 is 5.97 Å². The number of fused-ring (bicyclic) bond motifs is 1. The van der Waals surface area contributed by atoms with Gasteiger partial charge in [0.25, 0.3) is 0 Å². The predicted octanol–water partition coefficient (Wildman–Crippen LogP) is 2.11. The van der Waals surface area contributed by atoms with E-state index in [1.54, 1.807) is 18.2 Å². The van der Waals surface area contributed by atoms with Crippen molar-refractivity contribution in [1.82, 2.24) is 4.90 Å². The molecule has 0 radical (unpaired) electrons. The molecule has 0 bridgehead atoms. The third-order valence-electron chi connectivity index (χ3n) is 3.86. The van der Waals surface area contributed by atoms with Gasteiger partial charge < -0.3 is 19.5 Å². The molecule has 0 saturated carbocycles. The number of hydrogen-bond acceptors (Lipinski definition) is 4. The Morgan fingerprint density at radius 1 is 0.960 bits per heavy atom. The van der Waals surface area contributed by atoms with E-state index in [0.29, 0.717) is 24.7 Å². The van der Waals surface area contributed by atoms with E-state index in [9.17, 15) is 9.59 Å². The number of nitrogens with zero attached hydrogens (tertiary/aromatic N) is 1. The van der Waals surface area contributed by atoms with Gasteiger partial charge in [0.1, 0.15) is 19.8 Å². The van der Waals surface area contributed by atoms with E-state index < -0.39 is 5.97 Å². The standard InChI is InChI=1S/C19H19NO5/c21-18(11-15-6-7-16-17(10-15)25-9-8-24-16)20(13-19(22)23)12-14-4-2-1-3-5-14/h1-7,10H,8-9,11-13H2,(H,22,23). The smallest absolute Gasteiger partial charge is 0.323 e. The molecule has 0 unspecified atom stereocenters. The summed E-state index contributed by atoms with van der Waals surface area (Å²) in [7, 11) is 0. The van der Waals surface area contributed by atoms with Crippen LogP contribution in [0.4, 0.5) is 0 Å². The molecule has 2 aromatic rings. The van der Waals surface area contributed by atoms with E-state index in [1.165, 1.54) is 4.90 Å². The molecule has 1 N–H and O–H groups in total. The molecule has 0 aliphatic carbocycles. The summed E-state index contributed by atoms with van der Waals surface area (Å²) in [4.78, 5) is 25.1. The minimum Gasteiger partial charge on any atom is -0.486 e. The number of aliphatic carboxylic acids is 1. The van der Waals surface area contributed by atoms with E-state index in [0.717, 1.165) is 11.1 Å². The molecule has 6 nitrogen and oxygen atoms in total. The van der Waals surface area contributed by atoms with Crippen molar-refractivity contribution in [3.05, 3.63) is 59.7 Å². The van der Waals surface area contributed by atoms with Gasteiger partial charge in [-0.25, -0.2) is 0 Å². The number of carboxylic acids is 1. The number of carbonyl (C=O) groups excluding carboxylic acids is 1. The van der Waals surface area contributed by atoms with Crippen molar-refractivity contribution >= 4 is 11.9 Å². The van der Waals surface area contributed by atoms with E-state index in [1.807, 2.05) is 30.3 Å². The van der Waals surface area contributed by atoms with Gasteiger partial charge in [-0.05, 0) is 23.3 Å². The van der Waals surface area contributed by atoms with E-state index in [2.05, 4.69) is 0 Å². The molecule has 1 aliphatic rings. The van der Waals surface area contributed by atoms with Gasteiger partial charge in [0.15, 0.2) is 11.5 Å². The zero-order valence-electron chi connectivity index (χ0n) is 13.7. The highest BCUT2D eigenvalue weighted by molar-refractivity contribution is 5.83. The van der Waals surface area contributed by atoms with Crippen LogP contribution in [0.25, 0.3) is 0 Å². The predicted molar refractivity (Wildman–Crippen MR) is 90.6 cm³/mol. The molecular weight excluding hydrogens is 322 g/mol. The van der Waals surface area contributed by atoms with Crippen molar-refractivity contribution in [3.8, 4) is 11.5 Å². The van der Waals surface area contributed by atoms with Crippen molar-refractivity contribution in [2.75, 3.05) is 19.8 Å². The molecule has 130 valence electrons. The summed E-state index contributed by atoms with van der Waals surface area (Å²) in [6, 6.07) is 14.7. The lowest BCUT2D eigenvalue weighted by Gasteiger charge is -2.22. The highest BCUT2D eigenvalue weighted by Crippen LogP contribution is 2.31. The minimum absolute atomic E-state index is 0.108. The normalized spacial score (nSPS) is 12.5. The van der Waals surface area contributed by atoms with E-state index in [4.69, 9.17) is 14.6 Å². The van der Waals surface area contributed by atoms with Crippen molar-refractivity contribution in [1.29, 1.82) is 0 Å². The van der Waals surface area contributed by atoms with Crippen LogP contribution in [-0.2, 0) is 22.6 Å². The van der Waals surface area contributed by atoms with Crippen LogP contribution in [0.15, 0.2) is 48.5 Å². The molecule has 6 heteroatoms. The summed E-state index contributed by atoms with van der Waals surface area (Å²) in [5, 5.41) is 9.10. The first-order chi connectivity index (χ1) is 12.1. The number of amides is 1. The van der Waals surface area contributed by atoms with Gasteiger partial charge in [-0.1, -0.05) is 36.4 Å². The fourth-order valence-corrected chi connectivity index (χ4v) is 2.68. The Labute approximate surface area is 145 Å². The quantitative estimate of drug-likeness (QED) is 0.871. The molecule has 0 aromatic heterocycles. The Morgan fingerprint density at radius 2 is 1.68 bits per heavy atom. The number of ether oxygens (including phenoxy) is 2. The number of benzene rings is 2. The van der Waals surface area contributed by atoms with Crippen LogP contribution in [0.1, 0.15) is 11.1 Å². The Morgan fingerprint density at radius 3 is 2.40 bits per heavy atom. The Balaban J connectivity index is 1.72.